The van der Waals surface area contributed by atoms with Crippen LogP contribution in [0.15, 0.2) is 0 Å². The highest BCUT2D eigenvalue weighted by atomic mass is 16.5. The van der Waals surface area contributed by atoms with Crippen LogP contribution in [-0.2, 0) is 14.3 Å². The van der Waals surface area contributed by atoms with Crippen molar-refractivity contribution in [2.45, 2.75) is 52.1 Å². The average Bonchev–Trinajstić information content (AvgIpc) is 2.77. The Hall–Kier alpha value is -1.10. The highest BCUT2D eigenvalue weighted by Crippen LogP contribution is 2.16. The molecular formula is C14H25NO4. The minimum absolute atomic E-state index is 0.00551. The lowest BCUT2D eigenvalue weighted by Gasteiger charge is -2.18. The van der Waals surface area contributed by atoms with E-state index in [4.69, 9.17) is 9.84 Å². The summed E-state index contributed by atoms with van der Waals surface area (Å²) in [6, 6.07) is 0. The molecule has 1 saturated heterocycles. The van der Waals surface area contributed by atoms with Gasteiger partial charge in [-0.3, -0.25) is 9.59 Å². The number of hydrogen-bond donors (Lipinski definition) is 2. The van der Waals surface area contributed by atoms with Crippen LogP contribution in [0.25, 0.3) is 0 Å². The number of amides is 1. The lowest BCUT2D eigenvalue weighted by Crippen LogP contribution is -2.33. The van der Waals surface area contributed by atoms with Crippen molar-refractivity contribution in [2.75, 3.05) is 13.2 Å². The first kappa shape index (κ1) is 16.0. The van der Waals surface area contributed by atoms with Crippen LogP contribution in [0.3, 0.4) is 0 Å². The summed E-state index contributed by atoms with van der Waals surface area (Å²) in [7, 11) is 0. The number of nitrogens with one attached hydrogen (secondary N) is 1. The molecule has 5 nitrogen and oxygen atoms in total. The van der Waals surface area contributed by atoms with E-state index in [-0.39, 0.29) is 24.3 Å². The zero-order valence-corrected chi connectivity index (χ0v) is 11.9. The highest BCUT2D eigenvalue weighted by molar-refractivity contribution is 5.76. The van der Waals surface area contributed by atoms with E-state index >= 15 is 0 Å². The van der Waals surface area contributed by atoms with E-state index < -0.39 is 5.97 Å². The molecule has 1 aliphatic rings. The Bertz CT molecular complexity index is 298. The molecule has 0 aromatic heterocycles. The van der Waals surface area contributed by atoms with Crippen molar-refractivity contribution in [2.24, 2.45) is 11.8 Å². The highest BCUT2D eigenvalue weighted by Gasteiger charge is 2.20. The topological polar surface area (TPSA) is 75.6 Å². The molecule has 2 atom stereocenters. The quantitative estimate of drug-likeness (QED) is 0.706. The van der Waals surface area contributed by atoms with Crippen LogP contribution in [0.4, 0.5) is 0 Å². The zero-order chi connectivity index (χ0) is 14.3. The van der Waals surface area contributed by atoms with E-state index in [0.29, 0.717) is 18.9 Å². The van der Waals surface area contributed by atoms with Crippen LogP contribution in [-0.4, -0.2) is 36.2 Å². The van der Waals surface area contributed by atoms with Crippen molar-refractivity contribution < 1.29 is 19.4 Å². The standard InChI is InChI=1S/C14H25NO4/c1-10(2)6-11(7-14(17)18)9-15-13(16)8-12-4-3-5-19-12/h10-12H,3-9H2,1-2H3,(H,15,16)(H,17,18). The van der Waals surface area contributed by atoms with Crippen molar-refractivity contribution in [1.29, 1.82) is 0 Å². The van der Waals surface area contributed by atoms with Gasteiger partial charge in [-0.2, -0.15) is 0 Å². The second-order valence-electron chi connectivity index (χ2n) is 5.74. The summed E-state index contributed by atoms with van der Waals surface area (Å²) in [6.45, 7) is 5.30. The van der Waals surface area contributed by atoms with Gasteiger partial charge in [0.15, 0.2) is 0 Å². The maximum absolute atomic E-state index is 11.7. The Kier molecular flexibility index (Phi) is 6.84. The minimum Gasteiger partial charge on any atom is -0.481 e. The van der Waals surface area contributed by atoms with Gasteiger partial charge in [-0.05, 0) is 31.1 Å². The van der Waals surface area contributed by atoms with Crippen LogP contribution in [0.5, 0.6) is 0 Å². The van der Waals surface area contributed by atoms with E-state index in [9.17, 15) is 9.59 Å². The molecule has 2 N–H and O–H groups in total. The summed E-state index contributed by atoms with van der Waals surface area (Å²) in [5, 5.41) is 11.7. The predicted molar refractivity (Wildman–Crippen MR) is 71.8 cm³/mol. The molecule has 1 amide bonds. The molecule has 0 aromatic carbocycles. The van der Waals surface area contributed by atoms with Crippen LogP contribution in [0.2, 0.25) is 0 Å². The number of aliphatic carboxylic acids is 1. The van der Waals surface area contributed by atoms with Crippen LogP contribution >= 0.6 is 0 Å². The number of hydrogen-bond acceptors (Lipinski definition) is 3. The van der Waals surface area contributed by atoms with Gasteiger partial charge >= 0.3 is 5.97 Å². The lowest BCUT2D eigenvalue weighted by molar-refractivity contribution is -0.138. The van der Waals surface area contributed by atoms with Crippen LogP contribution < -0.4 is 5.32 Å². The smallest absolute Gasteiger partial charge is 0.303 e. The van der Waals surface area contributed by atoms with Gasteiger partial charge in [0.25, 0.3) is 0 Å². The van der Waals surface area contributed by atoms with E-state index in [1.54, 1.807) is 0 Å². The molecule has 1 fully saturated rings. The van der Waals surface area contributed by atoms with Gasteiger partial charge in [-0.25, -0.2) is 0 Å². The molecular weight excluding hydrogens is 246 g/mol. The molecule has 19 heavy (non-hydrogen) atoms. The minimum atomic E-state index is -0.806. The van der Waals surface area contributed by atoms with Crippen molar-refractivity contribution >= 4 is 11.9 Å². The summed E-state index contributed by atoms with van der Waals surface area (Å²) in [5.41, 5.74) is 0. The molecule has 0 radical (unpaired) electrons. The van der Waals surface area contributed by atoms with E-state index in [0.717, 1.165) is 25.9 Å². The summed E-state index contributed by atoms with van der Waals surface area (Å²) < 4.78 is 5.40. The third-order valence-electron chi connectivity index (χ3n) is 3.29. The number of ether oxygens (including phenoxy) is 1. The fraction of sp³-hybridized carbons (Fsp3) is 0.857. The van der Waals surface area contributed by atoms with Crippen molar-refractivity contribution in [3.8, 4) is 0 Å². The van der Waals surface area contributed by atoms with E-state index in [1.807, 2.05) is 0 Å². The second kappa shape index (κ2) is 8.15. The molecule has 2 unspecified atom stereocenters. The van der Waals surface area contributed by atoms with Gasteiger partial charge in [0.05, 0.1) is 12.5 Å². The molecule has 110 valence electrons. The summed E-state index contributed by atoms with van der Waals surface area (Å²) in [6.07, 6.45) is 3.32. The Labute approximate surface area is 114 Å². The molecule has 0 spiro atoms. The first-order chi connectivity index (χ1) is 8.97. The number of carboxylic acid groups (broad SMARTS) is 1. The number of rotatable bonds is 8. The van der Waals surface area contributed by atoms with Gasteiger partial charge in [0.1, 0.15) is 0 Å². The van der Waals surface area contributed by atoms with E-state index in [1.165, 1.54) is 0 Å². The second-order valence-corrected chi connectivity index (χ2v) is 5.74. The lowest BCUT2D eigenvalue weighted by atomic mass is 9.94. The SMILES string of the molecule is CC(C)CC(CNC(=O)CC1CCCO1)CC(=O)O. The first-order valence-electron chi connectivity index (χ1n) is 7.07. The maximum atomic E-state index is 11.7. The largest absolute Gasteiger partial charge is 0.481 e. The molecule has 0 bridgehead atoms. The zero-order valence-electron chi connectivity index (χ0n) is 11.9. The number of carbonyl (C=O) groups is 2. The van der Waals surface area contributed by atoms with Gasteiger partial charge in [0.2, 0.25) is 5.91 Å². The third-order valence-corrected chi connectivity index (χ3v) is 3.29. The van der Waals surface area contributed by atoms with E-state index in [2.05, 4.69) is 19.2 Å². The van der Waals surface area contributed by atoms with Crippen molar-refractivity contribution in [1.82, 2.24) is 5.32 Å². The monoisotopic (exact) mass is 271 g/mol. The number of carbonyl (C=O) groups excluding carboxylic acids is 1. The van der Waals surface area contributed by atoms with Gasteiger partial charge in [0, 0.05) is 19.6 Å². The van der Waals surface area contributed by atoms with Gasteiger partial charge < -0.3 is 15.2 Å². The summed E-state index contributed by atoms with van der Waals surface area (Å²) in [5.74, 6) is -0.407. The van der Waals surface area contributed by atoms with Gasteiger partial charge in [-0.1, -0.05) is 13.8 Å². The van der Waals surface area contributed by atoms with Crippen molar-refractivity contribution in [3.05, 3.63) is 0 Å². The Morgan fingerprint density at radius 2 is 2.16 bits per heavy atom. The molecule has 1 heterocycles. The summed E-state index contributed by atoms with van der Waals surface area (Å²) in [4.78, 5) is 22.5. The fourth-order valence-corrected chi connectivity index (χ4v) is 2.49. The van der Waals surface area contributed by atoms with Crippen molar-refractivity contribution in [3.63, 3.8) is 0 Å². The summed E-state index contributed by atoms with van der Waals surface area (Å²) >= 11 is 0. The predicted octanol–water partition coefficient (Wildman–Crippen LogP) is 1.81. The molecule has 0 aliphatic carbocycles. The Morgan fingerprint density at radius 3 is 2.68 bits per heavy atom. The molecule has 1 aliphatic heterocycles. The molecule has 1 rings (SSSR count). The van der Waals surface area contributed by atoms with Crippen LogP contribution in [0.1, 0.15) is 46.0 Å². The Morgan fingerprint density at radius 1 is 1.42 bits per heavy atom. The number of carboxylic acids is 1. The maximum Gasteiger partial charge on any atom is 0.303 e. The first-order valence-corrected chi connectivity index (χ1v) is 7.07. The fourth-order valence-electron chi connectivity index (χ4n) is 2.49. The average molecular weight is 271 g/mol. The van der Waals surface area contributed by atoms with Crippen LogP contribution in [0, 0.1) is 11.8 Å². The Balaban J connectivity index is 2.28. The normalized spacial score (nSPS) is 20.5. The molecule has 5 heteroatoms. The third kappa shape index (κ3) is 7.15. The molecule has 0 saturated carbocycles. The van der Waals surface area contributed by atoms with Gasteiger partial charge in [-0.15, -0.1) is 0 Å². The molecule has 0 aromatic rings.